The number of benzene rings is 2. The molecule has 11 heteroatoms. The number of aromatic nitrogens is 2. The van der Waals surface area contributed by atoms with Crippen molar-refractivity contribution in [2.24, 2.45) is 17.8 Å². The van der Waals surface area contributed by atoms with Crippen molar-refractivity contribution in [3.8, 4) is 28.7 Å². The fraction of sp³-hybridized carbons (Fsp3) is 0.463. The first-order valence-electron chi connectivity index (χ1n) is 18.2. The first kappa shape index (κ1) is 38.5. The monoisotopic (exact) mass is 715 g/mol. The van der Waals surface area contributed by atoms with E-state index in [9.17, 15) is 30.3 Å². The topological polar surface area (TPSA) is 191 Å². The van der Waals surface area contributed by atoms with Gasteiger partial charge in [-0.15, -0.1) is 0 Å². The van der Waals surface area contributed by atoms with E-state index in [1.54, 1.807) is 36.5 Å². The number of phenols is 3. The summed E-state index contributed by atoms with van der Waals surface area (Å²) in [6.45, 7) is 4.62. The zero-order chi connectivity index (χ0) is 37.4. The van der Waals surface area contributed by atoms with Crippen LogP contribution in [0.15, 0.2) is 67.0 Å². The third kappa shape index (κ3) is 8.82. The Morgan fingerprint density at radius 3 is 2.52 bits per heavy atom. The normalized spacial score (nSPS) is 19.8. The van der Waals surface area contributed by atoms with Crippen LogP contribution in [0.4, 0.5) is 5.82 Å². The lowest BCUT2D eigenvalue weighted by molar-refractivity contribution is -0.132. The van der Waals surface area contributed by atoms with Gasteiger partial charge in [-0.3, -0.25) is 4.79 Å². The summed E-state index contributed by atoms with van der Waals surface area (Å²) in [6.07, 6.45) is 5.39. The molecule has 52 heavy (non-hydrogen) atoms. The maximum absolute atomic E-state index is 14.8. The smallest absolute Gasteiger partial charge is 0.200 e. The molecule has 0 bridgehead atoms. The molecule has 2 aromatic heterocycles. The summed E-state index contributed by atoms with van der Waals surface area (Å²) in [4.78, 5) is 22.3. The lowest BCUT2D eigenvalue weighted by Crippen LogP contribution is -2.51. The molecular formula is C41H53N3O8. The molecule has 280 valence electrons. The van der Waals surface area contributed by atoms with Gasteiger partial charge in [-0.2, -0.15) is 0 Å². The Morgan fingerprint density at radius 1 is 1.02 bits per heavy atom. The fourth-order valence-electron chi connectivity index (χ4n) is 8.03. The Hall–Kier alpha value is -4.74. The Bertz CT molecular complexity index is 1780. The molecule has 2 aromatic carbocycles. The number of nitrogens with two attached hydrogens (primary N) is 1. The molecule has 0 radical (unpaired) electrons. The molecule has 2 heterocycles. The van der Waals surface area contributed by atoms with Crippen LogP contribution in [-0.2, 0) is 29.5 Å². The van der Waals surface area contributed by atoms with Crippen LogP contribution in [0.25, 0.3) is 0 Å². The number of hydrogen-bond donors (Lipinski definition) is 7. The lowest BCUT2D eigenvalue weighted by atomic mass is 9.58. The second-order valence-electron chi connectivity index (χ2n) is 14.5. The van der Waals surface area contributed by atoms with Crippen molar-refractivity contribution in [2.45, 2.75) is 89.3 Å². The highest BCUT2D eigenvalue weighted by Crippen LogP contribution is 2.54. The molecule has 1 aliphatic carbocycles. The number of nitrogens with zero attached hydrogens (tertiary/aromatic N) is 1. The maximum atomic E-state index is 14.8. The molecule has 5 atom stereocenters. The molecule has 0 unspecified atom stereocenters. The van der Waals surface area contributed by atoms with E-state index in [4.69, 9.17) is 15.2 Å². The van der Waals surface area contributed by atoms with Crippen molar-refractivity contribution in [3.05, 3.63) is 89.4 Å². The minimum absolute atomic E-state index is 0.00515. The van der Waals surface area contributed by atoms with E-state index in [0.717, 1.165) is 29.7 Å². The Labute approximate surface area is 305 Å². The number of aliphatic hydroxyl groups is 2. The SMILES string of the molecule is COc1cc(CC[C@@H](O)[C@H](C(=O)CCc2cc(O)c(O)c(OCCCC(C)C)c2)[C@@]2(c3ccnc(N)c3)CC[C@@H](O)[C@@H]2Cc2ccc[nH]2)ccc1O. The summed E-state index contributed by atoms with van der Waals surface area (Å²) in [5.41, 5.74) is 8.29. The molecule has 8 N–H and O–H groups in total. The number of carbonyl (C=O) groups excluding carboxylic acids is 1. The fourth-order valence-corrected chi connectivity index (χ4v) is 8.03. The van der Waals surface area contributed by atoms with Crippen molar-refractivity contribution in [1.29, 1.82) is 0 Å². The van der Waals surface area contributed by atoms with Crippen LogP contribution in [0.5, 0.6) is 28.7 Å². The Morgan fingerprint density at radius 2 is 1.81 bits per heavy atom. The van der Waals surface area contributed by atoms with Gasteiger partial charge in [0.05, 0.1) is 31.8 Å². The van der Waals surface area contributed by atoms with Crippen molar-refractivity contribution < 1.29 is 39.8 Å². The number of methoxy groups -OCH3 is 1. The number of nitrogens with one attached hydrogen (secondary N) is 1. The summed E-state index contributed by atoms with van der Waals surface area (Å²) in [5.74, 6) is -1.04. The molecular weight excluding hydrogens is 662 g/mol. The number of anilines is 1. The number of ether oxygens (including phenoxy) is 2. The van der Waals surface area contributed by atoms with Gasteiger partial charge < -0.3 is 45.7 Å². The predicted octanol–water partition coefficient (Wildman–Crippen LogP) is 6.00. The number of aromatic amines is 1. The second-order valence-corrected chi connectivity index (χ2v) is 14.5. The van der Waals surface area contributed by atoms with E-state index >= 15 is 0 Å². The maximum Gasteiger partial charge on any atom is 0.200 e. The lowest BCUT2D eigenvalue weighted by Gasteiger charge is -2.45. The van der Waals surface area contributed by atoms with Crippen LogP contribution in [0.3, 0.4) is 0 Å². The number of aromatic hydroxyl groups is 3. The highest BCUT2D eigenvalue weighted by Gasteiger charge is 2.57. The Balaban J connectivity index is 1.50. The van der Waals surface area contributed by atoms with E-state index in [0.29, 0.717) is 49.5 Å². The number of aliphatic hydroxyl groups excluding tert-OH is 2. The number of ketones is 1. The molecule has 0 aliphatic heterocycles. The standard InChI is InChI=1S/C41H53N3O8/c1-25(2)6-5-19-52-37-22-27(20-35(49)40(37)50)10-13-34(48)39(33(47)12-9-26-8-11-32(46)36(21-26)51-3)41(28-15-18-44-38(42)23-28)16-14-31(45)30(41)24-29-7-4-17-43-29/h4,7-8,11,15,17-18,20-23,25,30-31,33,39,43,45-47,49-50H,5-6,9-10,12-14,16,19,24H2,1-3H3,(H2,42,44)/t30-,31+,33+,39+,41+/m0/s1. The van der Waals surface area contributed by atoms with Crippen LogP contribution < -0.4 is 15.2 Å². The van der Waals surface area contributed by atoms with E-state index in [2.05, 4.69) is 23.8 Å². The van der Waals surface area contributed by atoms with Crippen LogP contribution in [0, 0.1) is 17.8 Å². The van der Waals surface area contributed by atoms with Gasteiger partial charge in [-0.1, -0.05) is 19.9 Å². The molecule has 1 saturated carbocycles. The van der Waals surface area contributed by atoms with Gasteiger partial charge in [0.25, 0.3) is 0 Å². The number of aryl methyl sites for hydroxylation is 2. The van der Waals surface area contributed by atoms with Crippen LogP contribution in [0.2, 0.25) is 0 Å². The second kappa shape index (κ2) is 17.2. The zero-order valence-corrected chi connectivity index (χ0v) is 30.3. The number of rotatable bonds is 18. The molecule has 1 aliphatic rings. The molecule has 5 rings (SSSR count). The molecule has 4 aromatic rings. The zero-order valence-electron chi connectivity index (χ0n) is 30.3. The third-order valence-electron chi connectivity index (χ3n) is 10.6. The summed E-state index contributed by atoms with van der Waals surface area (Å²) in [6, 6.07) is 15.5. The number of hydrogen-bond acceptors (Lipinski definition) is 10. The number of pyridine rings is 1. The number of phenolic OH excluding ortho intramolecular Hbond substituents is 3. The van der Waals surface area contributed by atoms with Crippen LogP contribution >= 0.6 is 0 Å². The third-order valence-corrected chi connectivity index (χ3v) is 10.6. The minimum Gasteiger partial charge on any atom is -0.504 e. The minimum atomic E-state index is -1.13. The summed E-state index contributed by atoms with van der Waals surface area (Å²) in [5, 5.41) is 55.1. The van der Waals surface area contributed by atoms with E-state index in [-0.39, 0.29) is 53.9 Å². The molecule has 0 saturated heterocycles. The largest absolute Gasteiger partial charge is 0.504 e. The van der Waals surface area contributed by atoms with Gasteiger partial charge in [0.2, 0.25) is 5.75 Å². The van der Waals surface area contributed by atoms with E-state index in [1.165, 1.54) is 13.2 Å². The summed E-state index contributed by atoms with van der Waals surface area (Å²) in [7, 11) is 1.47. The van der Waals surface area contributed by atoms with Crippen molar-refractivity contribution in [3.63, 3.8) is 0 Å². The number of Topliss-reactive ketones (excluding diaryl/α,β-unsaturated/α-hetero) is 1. The first-order valence-corrected chi connectivity index (χ1v) is 18.2. The highest BCUT2D eigenvalue weighted by molar-refractivity contribution is 5.84. The number of nitrogen functional groups attached to an aromatic ring is 1. The highest BCUT2D eigenvalue weighted by atomic mass is 16.5. The van der Waals surface area contributed by atoms with Crippen molar-refractivity contribution >= 4 is 11.6 Å². The molecule has 0 amide bonds. The van der Waals surface area contributed by atoms with Gasteiger partial charge in [-0.25, -0.2) is 4.98 Å². The summed E-state index contributed by atoms with van der Waals surface area (Å²) < 4.78 is 11.1. The summed E-state index contributed by atoms with van der Waals surface area (Å²) >= 11 is 0. The van der Waals surface area contributed by atoms with Crippen LogP contribution in [0.1, 0.15) is 74.8 Å². The number of carbonyl (C=O) groups is 1. The van der Waals surface area contributed by atoms with Crippen molar-refractivity contribution in [1.82, 2.24) is 9.97 Å². The van der Waals surface area contributed by atoms with Gasteiger partial charge in [0.1, 0.15) is 11.6 Å². The average Bonchev–Trinajstić information content (AvgIpc) is 3.75. The van der Waals surface area contributed by atoms with Crippen molar-refractivity contribution in [2.75, 3.05) is 19.5 Å². The van der Waals surface area contributed by atoms with Gasteiger partial charge in [0.15, 0.2) is 23.0 Å². The predicted molar refractivity (Wildman–Crippen MR) is 199 cm³/mol. The van der Waals surface area contributed by atoms with Gasteiger partial charge in [-0.05, 0) is 123 Å². The quantitative estimate of drug-likeness (QED) is 0.0475. The molecule has 11 nitrogen and oxygen atoms in total. The van der Waals surface area contributed by atoms with Gasteiger partial charge in [0, 0.05) is 35.8 Å². The van der Waals surface area contributed by atoms with Gasteiger partial charge >= 0.3 is 0 Å². The van der Waals surface area contributed by atoms with E-state index in [1.807, 2.05) is 24.4 Å². The first-order chi connectivity index (χ1) is 24.9. The molecule has 1 fully saturated rings. The number of H-pyrrole nitrogens is 1. The van der Waals surface area contributed by atoms with Crippen LogP contribution in [-0.4, -0.2) is 67.2 Å². The average molecular weight is 716 g/mol. The molecule has 0 spiro atoms. The Kier molecular flexibility index (Phi) is 12.7. The van der Waals surface area contributed by atoms with E-state index < -0.39 is 29.5 Å².